The molecule has 1 amide bonds. The highest BCUT2D eigenvalue weighted by atomic mass is 16.5. The number of nitrogens with one attached hydrogen (secondary N) is 2. The average molecular weight is 396 g/mol. The molecule has 3 rings (SSSR count). The number of rotatable bonds is 8. The first-order chi connectivity index (χ1) is 14.0. The standard InChI is InChI=1S/C19H20N6O4/c1-27-14-8-13(9-15(28-2)16(14)29-3)24-19-22-10-21-18(25-19)23-12-6-4-11(5-7-12)17(20)26/h4-10H,1-3H3,(H2,20,26)(H2,21,22,23,24,25). The Balaban J connectivity index is 1.80. The van der Waals surface area contributed by atoms with Crippen molar-refractivity contribution in [3.05, 3.63) is 48.3 Å². The summed E-state index contributed by atoms with van der Waals surface area (Å²) in [5.74, 6) is 1.62. The number of carbonyl (C=O) groups is 1. The molecule has 29 heavy (non-hydrogen) atoms. The molecule has 10 heteroatoms. The van der Waals surface area contributed by atoms with Gasteiger partial charge in [0.15, 0.2) is 11.5 Å². The zero-order valence-corrected chi connectivity index (χ0v) is 16.1. The molecule has 0 aliphatic rings. The Hall–Kier alpha value is -4.08. The highest BCUT2D eigenvalue weighted by molar-refractivity contribution is 5.93. The van der Waals surface area contributed by atoms with E-state index < -0.39 is 5.91 Å². The molecule has 1 heterocycles. The second-order valence-electron chi connectivity index (χ2n) is 5.74. The summed E-state index contributed by atoms with van der Waals surface area (Å²) >= 11 is 0. The summed E-state index contributed by atoms with van der Waals surface area (Å²) in [6, 6.07) is 10.1. The van der Waals surface area contributed by atoms with E-state index in [1.165, 1.54) is 27.7 Å². The van der Waals surface area contributed by atoms with Gasteiger partial charge in [-0.2, -0.15) is 4.98 Å². The molecule has 0 aliphatic carbocycles. The second kappa shape index (κ2) is 8.74. The first-order valence-electron chi connectivity index (χ1n) is 8.47. The average Bonchev–Trinajstić information content (AvgIpc) is 2.73. The third kappa shape index (κ3) is 4.61. The van der Waals surface area contributed by atoms with E-state index in [1.54, 1.807) is 36.4 Å². The lowest BCUT2D eigenvalue weighted by Crippen LogP contribution is -2.10. The molecule has 150 valence electrons. The van der Waals surface area contributed by atoms with Crippen LogP contribution in [-0.2, 0) is 0 Å². The quantitative estimate of drug-likeness (QED) is 0.525. The minimum absolute atomic E-state index is 0.311. The Kier molecular flexibility index (Phi) is 5.93. The first-order valence-corrected chi connectivity index (χ1v) is 8.47. The van der Waals surface area contributed by atoms with Crippen LogP contribution < -0.4 is 30.6 Å². The third-order valence-corrected chi connectivity index (χ3v) is 3.92. The minimum atomic E-state index is -0.492. The minimum Gasteiger partial charge on any atom is -0.493 e. The zero-order valence-electron chi connectivity index (χ0n) is 16.1. The number of nitrogens with two attached hydrogens (primary N) is 1. The van der Waals surface area contributed by atoms with E-state index >= 15 is 0 Å². The van der Waals surface area contributed by atoms with E-state index in [2.05, 4.69) is 25.6 Å². The van der Waals surface area contributed by atoms with Gasteiger partial charge in [0.25, 0.3) is 0 Å². The fourth-order valence-electron chi connectivity index (χ4n) is 2.55. The number of amides is 1. The predicted molar refractivity (Wildman–Crippen MR) is 107 cm³/mol. The molecule has 4 N–H and O–H groups in total. The Morgan fingerprint density at radius 1 is 0.862 bits per heavy atom. The first kappa shape index (κ1) is 19.7. The van der Waals surface area contributed by atoms with Crippen molar-refractivity contribution in [2.24, 2.45) is 5.73 Å². The maximum atomic E-state index is 11.2. The number of methoxy groups -OCH3 is 3. The summed E-state index contributed by atoms with van der Waals surface area (Å²) in [7, 11) is 4.61. The number of ether oxygens (including phenoxy) is 3. The summed E-state index contributed by atoms with van der Waals surface area (Å²) in [6.07, 6.45) is 1.37. The van der Waals surface area contributed by atoms with E-state index in [0.717, 1.165) is 0 Å². The van der Waals surface area contributed by atoms with Crippen molar-refractivity contribution >= 4 is 29.2 Å². The van der Waals surface area contributed by atoms with Gasteiger partial charge >= 0.3 is 0 Å². The Morgan fingerprint density at radius 2 is 1.41 bits per heavy atom. The number of primary amides is 1. The molecular weight excluding hydrogens is 376 g/mol. The Labute approximate surface area is 167 Å². The van der Waals surface area contributed by atoms with Crippen LogP contribution >= 0.6 is 0 Å². The van der Waals surface area contributed by atoms with Gasteiger partial charge in [-0.3, -0.25) is 4.79 Å². The van der Waals surface area contributed by atoms with Crippen LogP contribution in [0, 0.1) is 0 Å². The van der Waals surface area contributed by atoms with Gasteiger partial charge in [0.1, 0.15) is 6.33 Å². The molecule has 0 unspecified atom stereocenters. The number of nitrogens with zero attached hydrogens (tertiary/aromatic N) is 3. The molecule has 0 bridgehead atoms. The van der Waals surface area contributed by atoms with E-state index in [1.807, 2.05) is 0 Å². The highest BCUT2D eigenvalue weighted by Gasteiger charge is 2.14. The van der Waals surface area contributed by atoms with E-state index in [0.29, 0.717) is 46.1 Å². The zero-order chi connectivity index (χ0) is 20.8. The van der Waals surface area contributed by atoms with Gasteiger partial charge < -0.3 is 30.6 Å². The van der Waals surface area contributed by atoms with Crippen LogP contribution in [0.15, 0.2) is 42.7 Å². The van der Waals surface area contributed by atoms with Crippen molar-refractivity contribution in [1.29, 1.82) is 0 Å². The van der Waals surface area contributed by atoms with Crippen LogP contribution in [0.4, 0.5) is 23.3 Å². The van der Waals surface area contributed by atoms with E-state index in [4.69, 9.17) is 19.9 Å². The molecule has 0 atom stereocenters. The maximum absolute atomic E-state index is 11.2. The topological polar surface area (TPSA) is 134 Å². The summed E-state index contributed by atoms with van der Waals surface area (Å²) in [6.45, 7) is 0. The van der Waals surface area contributed by atoms with Gasteiger partial charge in [-0.1, -0.05) is 0 Å². The van der Waals surface area contributed by atoms with Crippen molar-refractivity contribution in [3.63, 3.8) is 0 Å². The second-order valence-corrected chi connectivity index (χ2v) is 5.74. The van der Waals surface area contributed by atoms with Gasteiger partial charge in [0.2, 0.25) is 23.6 Å². The number of anilines is 4. The summed E-state index contributed by atoms with van der Waals surface area (Å²) < 4.78 is 16.0. The molecule has 0 aliphatic heterocycles. The fraction of sp³-hybridized carbons (Fsp3) is 0.158. The van der Waals surface area contributed by atoms with Gasteiger partial charge in [-0.25, -0.2) is 9.97 Å². The molecule has 3 aromatic rings. The van der Waals surface area contributed by atoms with Gasteiger partial charge in [0.05, 0.1) is 21.3 Å². The van der Waals surface area contributed by atoms with Crippen LogP contribution in [0.1, 0.15) is 10.4 Å². The van der Waals surface area contributed by atoms with Crippen LogP contribution in [0.5, 0.6) is 17.2 Å². The lowest BCUT2D eigenvalue weighted by atomic mass is 10.2. The fourth-order valence-corrected chi connectivity index (χ4v) is 2.55. The molecule has 1 aromatic heterocycles. The third-order valence-electron chi connectivity index (χ3n) is 3.92. The lowest BCUT2D eigenvalue weighted by Gasteiger charge is -2.14. The summed E-state index contributed by atoms with van der Waals surface area (Å²) in [4.78, 5) is 23.7. The normalized spacial score (nSPS) is 10.2. The van der Waals surface area contributed by atoms with Crippen LogP contribution in [-0.4, -0.2) is 42.2 Å². The number of aromatic nitrogens is 3. The number of benzene rings is 2. The molecule has 0 spiro atoms. The number of carbonyl (C=O) groups excluding carboxylic acids is 1. The summed E-state index contributed by atoms with van der Waals surface area (Å²) in [5.41, 5.74) is 6.99. The SMILES string of the molecule is COc1cc(Nc2ncnc(Nc3ccc(C(N)=O)cc3)n2)cc(OC)c1OC. The Bertz CT molecular complexity index is 985. The van der Waals surface area contributed by atoms with Crippen molar-refractivity contribution in [2.45, 2.75) is 0 Å². The largest absolute Gasteiger partial charge is 0.493 e. The molecule has 0 radical (unpaired) electrons. The molecule has 0 saturated carbocycles. The van der Waals surface area contributed by atoms with E-state index in [-0.39, 0.29) is 0 Å². The Morgan fingerprint density at radius 3 is 1.90 bits per heavy atom. The number of hydrogen-bond donors (Lipinski definition) is 3. The molecule has 10 nitrogen and oxygen atoms in total. The van der Waals surface area contributed by atoms with Crippen molar-refractivity contribution in [2.75, 3.05) is 32.0 Å². The smallest absolute Gasteiger partial charge is 0.248 e. The highest BCUT2D eigenvalue weighted by Crippen LogP contribution is 2.40. The van der Waals surface area contributed by atoms with Crippen molar-refractivity contribution in [1.82, 2.24) is 15.0 Å². The summed E-state index contributed by atoms with van der Waals surface area (Å²) in [5, 5.41) is 6.11. The molecule has 2 aromatic carbocycles. The number of hydrogen-bond acceptors (Lipinski definition) is 9. The van der Waals surface area contributed by atoms with Gasteiger partial charge in [-0.05, 0) is 24.3 Å². The van der Waals surface area contributed by atoms with Crippen LogP contribution in [0.25, 0.3) is 0 Å². The monoisotopic (exact) mass is 396 g/mol. The molecule has 0 fully saturated rings. The predicted octanol–water partition coefficient (Wildman–Crippen LogP) is 2.48. The van der Waals surface area contributed by atoms with Gasteiger partial charge in [0, 0.05) is 29.1 Å². The molecule has 0 saturated heterocycles. The van der Waals surface area contributed by atoms with Crippen molar-refractivity contribution < 1.29 is 19.0 Å². The maximum Gasteiger partial charge on any atom is 0.248 e. The van der Waals surface area contributed by atoms with E-state index in [9.17, 15) is 4.79 Å². The van der Waals surface area contributed by atoms with Gasteiger partial charge in [-0.15, -0.1) is 0 Å². The van der Waals surface area contributed by atoms with Crippen molar-refractivity contribution in [3.8, 4) is 17.2 Å². The molecular formula is C19H20N6O4. The van der Waals surface area contributed by atoms with Crippen LogP contribution in [0.3, 0.4) is 0 Å². The van der Waals surface area contributed by atoms with Crippen LogP contribution in [0.2, 0.25) is 0 Å². The lowest BCUT2D eigenvalue weighted by molar-refractivity contribution is 0.100.